The molecule has 0 saturated carbocycles. The lowest BCUT2D eigenvalue weighted by molar-refractivity contribution is -0.131. The number of carbonyl (C=O) groups excluding carboxylic acids is 2. The highest BCUT2D eigenvalue weighted by atomic mass is 16.6. The van der Waals surface area contributed by atoms with Crippen LogP contribution in [0.3, 0.4) is 0 Å². The minimum absolute atomic E-state index is 0.0577. The predicted octanol–water partition coefficient (Wildman–Crippen LogP) is 15.6. The fraction of sp³-hybridized carbons (Fsp3) is 0.139. The molecule has 2 atom stereocenters. The Morgan fingerprint density at radius 2 is 0.634 bits per heavy atom. The molecular formula is C72H58N2O8. The van der Waals surface area contributed by atoms with Gasteiger partial charge in [-0.25, -0.2) is 0 Å². The van der Waals surface area contributed by atoms with Gasteiger partial charge in [0.15, 0.2) is 12.2 Å². The first-order chi connectivity index (χ1) is 40.3. The van der Waals surface area contributed by atoms with E-state index < -0.39 is 24.0 Å². The number of rotatable bonds is 8. The molecule has 2 unspecified atom stereocenters. The summed E-state index contributed by atoms with van der Waals surface area (Å²) in [6, 6.07) is 72.1. The third-order valence-electron chi connectivity index (χ3n) is 15.5. The summed E-state index contributed by atoms with van der Waals surface area (Å²) >= 11 is 0. The zero-order valence-corrected chi connectivity index (χ0v) is 45.1. The Bertz CT molecular complexity index is 4000. The number of anilines is 2. The van der Waals surface area contributed by atoms with E-state index in [0.29, 0.717) is 11.4 Å². The van der Waals surface area contributed by atoms with Crippen LogP contribution in [0.25, 0.3) is 109 Å². The first kappa shape index (κ1) is 52.0. The summed E-state index contributed by atoms with van der Waals surface area (Å²) in [4.78, 5) is 27.5. The molecule has 0 radical (unpaired) electrons. The van der Waals surface area contributed by atoms with E-state index in [1.807, 2.05) is 48.5 Å². The van der Waals surface area contributed by atoms with Crippen molar-refractivity contribution in [1.82, 2.24) is 0 Å². The number of nitrogens with one attached hydrogen (secondary N) is 2. The van der Waals surface area contributed by atoms with E-state index in [1.165, 1.54) is 75.8 Å². The molecule has 1 heterocycles. The summed E-state index contributed by atoms with van der Waals surface area (Å²) < 4.78 is 35.4. The van der Waals surface area contributed by atoms with Crippen LogP contribution in [0.2, 0.25) is 0 Å². The highest BCUT2D eigenvalue weighted by Crippen LogP contribution is 2.42. The molecule has 0 spiro atoms. The van der Waals surface area contributed by atoms with Gasteiger partial charge in [0.05, 0.1) is 39.6 Å². The molecule has 1 aliphatic rings. The fourth-order valence-corrected chi connectivity index (χ4v) is 11.5. The summed E-state index contributed by atoms with van der Waals surface area (Å²) in [6.45, 7) is 8.96. The average Bonchev–Trinajstić information content (AvgIpc) is 1.91. The van der Waals surface area contributed by atoms with Crippen molar-refractivity contribution in [3.05, 3.63) is 231 Å². The Morgan fingerprint density at radius 1 is 0.329 bits per heavy atom. The van der Waals surface area contributed by atoms with Gasteiger partial charge in [0.2, 0.25) is 0 Å². The van der Waals surface area contributed by atoms with Crippen molar-refractivity contribution in [2.75, 3.05) is 63.5 Å². The largest absolute Gasteiger partial charge is 0.493 e. The summed E-state index contributed by atoms with van der Waals surface area (Å²) in [7, 11) is 0. The molecule has 10 nitrogen and oxygen atoms in total. The smallest absolute Gasteiger partial charge is 0.261 e. The van der Waals surface area contributed by atoms with Crippen LogP contribution in [0.4, 0.5) is 11.4 Å². The second kappa shape index (κ2) is 23.0. The highest BCUT2D eigenvalue weighted by Gasteiger charge is 2.27. The van der Waals surface area contributed by atoms with Gasteiger partial charge in [0, 0.05) is 11.4 Å². The molecule has 1 saturated heterocycles. The van der Waals surface area contributed by atoms with Gasteiger partial charge in [-0.15, -0.1) is 0 Å². The van der Waals surface area contributed by atoms with Crippen molar-refractivity contribution < 1.29 is 38.0 Å². The molecule has 13 rings (SSSR count). The molecule has 12 aromatic rings. The van der Waals surface area contributed by atoms with E-state index in [9.17, 15) is 9.59 Å². The van der Waals surface area contributed by atoms with Crippen LogP contribution in [0.15, 0.2) is 231 Å². The highest BCUT2D eigenvalue weighted by molar-refractivity contribution is 6.26. The van der Waals surface area contributed by atoms with Gasteiger partial charge in [0.25, 0.3) is 11.8 Å². The molecule has 1 aliphatic heterocycles. The molecule has 0 aliphatic carbocycles. The van der Waals surface area contributed by atoms with E-state index in [-0.39, 0.29) is 64.4 Å². The van der Waals surface area contributed by atoms with Crippen LogP contribution < -0.4 is 10.6 Å². The van der Waals surface area contributed by atoms with Gasteiger partial charge < -0.3 is 39.1 Å². The van der Waals surface area contributed by atoms with Crippen LogP contribution in [-0.2, 0) is 38.0 Å². The molecule has 404 valence electrons. The Hall–Kier alpha value is -9.42. The quantitative estimate of drug-likeness (QED) is 0.145. The van der Waals surface area contributed by atoms with Gasteiger partial charge in [-0.2, -0.15) is 0 Å². The lowest BCUT2D eigenvalue weighted by Gasteiger charge is -2.22. The van der Waals surface area contributed by atoms with Crippen LogP contribution in [-0.4, -0.2) is 76.9 Å². The maximum atomic E-state index is 13.7. The molecule has 1 fully saturated rings. The number of amides is 2. The normalized spacial score (nSPS) is 16.3. The van der Waals surface area contributed by atoms with Crippen molar-refractivity contribution in [1.29, 1.82) is 0 Å². The molecule has 10 heteroatoms. The van der Waals surface area contributed by atoms with E-state index >= 15 is 0 Å². The van der Waals surface area contributed by atoms with Crippen molar-refractivity contribution in [3.63, 3.8) is 0 Å². The van der Waals surface area contributed by atoms with Crippen molar-refractivity contribution in [3.8, 4) is 44.5 Å². The number of carbonyl (C=O) groups is 2. The standard InChI is InChI=1S/C72H58N2O8/c1-45-69(71(75)73-59-29-21-49(22-30-59)47-9-13-51(14-10-47)61-33-25-57-19-17-53-5-3-7-55-27-35-63(61)67(57)65(53)55)81-43-39-78-38-42-80-46(2)70(82-44-40-77-37-41-79-45)72(76)74-60-31-23-50(24-32-60)48-11-15-52(16-12-48)62-34-26-58-20-18-54-6-4-8-56-28-36-64(62)68(58)66(54)56/h3-36,69-70H,1-2,37-44H2,(H,73,75)(H,74,76). The van der Waals surface area contributed by atoms with Gasteiger partial charge in [0.1, 0.15) is 24.7 Å². The zero-order chi connectivity index (χ0) is 55.5. The molecule has 12 aromatic carbocycles. The minimum Gasteiger partial charge on any atom is -0.493 e. The predicted molar refractivity (Wildman–Crippen MR) is 331 cm³/mol. The third kappa shape index (κ3) is 10.5. The van der Waals surface area contributed by atoms with Crippen LogP contribution >= 0.6 is 0 Å². The molecule has 2 amide bonds. The summed E-state index contributed by atoms with van der Waals surface area (Å²) in [5.74, 6) is -0.640. The van der Waals surface area contributed by atoms with Crippen molar-refractivity contribution in [2.45, 2.75) is 12.2 Å². The number of hydrogen-bond donors (Lipinski definition) is 2. The summed E-state index contributed by atoms with van der Waals surface area (Å²) in [5.41, 5.74) is 9.96. The molecule has 0 bridgehead atoms. The van der Waals surface area contributed by atoms with Crippen LogP contribution in [0.1, 0.15) is 0 Å². The second-order valence-corrected chi connectivity index (χ2v) is 20.6. The Kier molecular flexibility index (Phi) is 14.6. The second-order valence-electron chi connectivity index (χ2n) is 20.6. The molecule has 82 heavy (non-hydrogen) atoms. The number of benzene rings is 12. The summed E-state index contributed by atoms with van der Waals surface area (Å²) in [5, 5.41) is 21.1. The lowest BCUT2D eigenvalue weighted by atomic mass is 9.89. The Labute approximate surface area is 474 Å². The first-order valence-electron chi connectivity index (χ1n) is 27.7. The van der Waals surface area contributed by atoms with Gasteiger partial charge >= 0.3 is 0 Å². The maximum Gasteiger partial charge on any atom is 0.261 e. The Balaban J connectivity index is 0.593. The number of ether oxygens (including phenoxy) is 6. The van der Waals surface area contributed by atoms with E-state index in [2.05, 4.69) is 182 Å². The lowest BCUT2D eigenvalue weighted by Crippen LogP contribution is -2.35. The average molecular weight is 1080 g/mol. The van der Waals surface area contributed by atoms with E-state index in [0.717, 1.165) is 33.4 Å². The summed E-state index contributed by atoms with van der Waals surface area (Å²) in [6.07, 6.45) is -2.26. The van der Waals surface area contributed by atoms with Gasteiger partial charge in [-0.05, 0) is 133 Å². The molecule has 0 aromatic heterocycles. The topological polar surface area (TPSA) is 114 Å². The zero-order valence-electron chi connectivity index (χ0n) is 45.1. The Morgan fingerprint density at radius 3 is 1.01 bits per heavy atom. The van der Waals surface area contributed by atoms with Crippen molar-refractivity contribution >= 4 is 87.8 Å². The van der Waals surface area contributed by atoms with Crippen molar-refractivity contribution in [2.24, 2.45) is 0 Å². The minimum atomic E-state index is -1.13. The molecule has 2 N–H and O–H groups in total. The molecular weight excluding hydrogens is 1020 g/mol. The fourth-order valence-electron chi connectivity index (χ4n) is 11.5. The maximum absolute atomic E-state index is 13.7. The van der Waals surface area contributed by atoms with Crippen LogP contribution in [0, 0.1) is 0 Å². The monoisotopic (exact) mass is 1080 g/mol. The SMILES string of the molecule is C=C1OCCOCCOC(C(=O)Nc2ccc(-c3ccc(-c4ccc5ccc6cccc7ccc4c5c67)cc3)cc2)C(=C)OCCOCCOC1C(=O)Nc1ccc(-c2ccc(-c3ccc4ccc5cccc6ccc3c4c56)cc2)cc1. The van der Waals surface area contributed by atoms with E-state index in [4.69, 9.17) is 28.4 Å². The number of hydrogen-bond acceptors (Lipinski definition) is 8. The third-order valence-corrected chi connectivity index (χ3v) is 15.5. The van der Waals surface area contributed by atoms with Gasteiger partial charge in [-0.3, -0.25) is 9.59 Å². The van der Waals surface area contributed by atoms with Gasteiger partial charge in [-0.1, -0.05) is 195 Å². The first-order valence-corrected chi connectivity index (χ1v) is 27.7. The van der Waals surface area contributed by atoms with E-state index in [1.54, 1.807) is 0 Å². The van der Waals surface area contributed by atoms with Crippen LogP contribution in [0.5, 0.6) is 0 Å².